The van der Waals surface area contributed by atoms with E-state index in [0.29, 0.717) is 21.8 Å². The predicted octanol–water partition coefficient (Wildman–Crippen LogP) is 0.453. The minimum absolute atomic E-state index is 0. The Morgan fingerprint density at radius 2 is 1.86 bits per heavy atom. The third-order valence-corrected chi connectivity index (χ3v) is 4.07. The third-order valence-electron chi connectivity index (χ3n) is 2.96. The van der Waals surface area contributed by atoms with E-state index < -0.39 is 0 Å². The Balaban J connectivity index is 0.00000220. The summed E-state index contributed by atoms with van der Waals surface area (Å²) < 4.78 is 0. The van der Waals surface area contributed by atoms with Crippen LogP contribution >= 0.6 is 11.3 Å². The van der Waals surface area contributed by atoms with Crippen LogP contribution in [-0.2, 0) is 4.79 Å². The quantitative estimate of drug-likeness (QED) is 0.658. The van der Waals surface area contributed by atoms with Gasteiger partial charge in [0.2, 0.25) is 5.69 Å². The standard InChI is InChI=1S/C15H11N2O2S.Na.H2O/c1-9-10(2)20-15(13(9)16-3)17-14(19)12-6-4-11(8-18)5-7-12;;/h4-7H,1-2H3,(H,17,19);;1H2/q-1;+1;/p-1. The predicted molar refractivity (Wildman–Crippen MR) is 81.2 cm³/mol. The van der Waals surface area contributed by atoms with Crippen LogP contribution in [0.2, 0.25) is 0 Å². The van der Waals surface area contributed by atoms with E-state index in [4.69, 9.17) is 6.57 Å². The molecule has 0 aliphatic heterocycles. The Hall–Kier alpha value is -1.49. The molecule has 22 heavy (non-hydrogen) atoms. The Morgan fingerprint density at radius 1 is 1.27 bits per heavy atom. The number of nitrogens with zero attached hydrogens (tertiary/aromatic N) is 1. The summed E-state index contributed by atoms with van der Waals surface area (Å²) in [5.41, 5.74) is 2.21. The van der Waals surface area contributed by atoms with Crippen LogP contribution in [0.5, 0.6) is 0 Å². The van der Waals surface area contributed by atoms with Crippen molar-refractivity contribution in [1.29, 1.82) is 0 Å². The van der Waals surface area contributed by atoms with E-state index in [0.717, 1.165) is 10.4 Å². The second kappa shape index (κ2) is 8.83. The molecule has 7 heteroatoms. The van der Waals surface area contributed by atoms with E-state index in [1.54, 1.807) is 18.4 Å². The number of benzene rings is 1. The van der Waals surface area contributed by atoms with Gasteiger partial charge in [-0.2, -0.15) is 17.7 Å². The summed E-state index contributed by atoms with van der Waals surface area (Å²) in [6, 6.07) is 6.17. The van der Waals surface area contributed by atoms with E-state index >= 15 is 0 Å². The molecule has 0 atom stereocenters. The molecule has 2 N–H and O–H groups in total. The zero-order chi connectivity index (χ0) is 14.7. The molecule has 1 amide bonds. The van der Waals surface area contributed by atoms with Crippen molar-refractivity contribution >= 4 is 34.2 Å². The van der Waals surface area contributed by atoms with Crippen LogP contribution < -0.4 is 34.9 Å². The maximum Gasteiger partial charge on any atom is 1.00 e. The van der Waals surface area contributed by atoms with Crippen molar-refractivity contribution in [2.45, 2.75) is 13.8 Å². The first-order chi connectivity index (χ1) is 9.56. The van der Waals surface area contributed by atoms with Crippen molar-refractivity contribution in [2.24, 2.45) is 0 Å². The molecule has 108 valence electrons. The Kier molecular flexibility index (Phi) is 8.23. The Bertz CT molecular complexity index is 718. The van der Waals surface area contributed by atoms with E-state index in [1.165, 1.54) is 23.5 Å². The summed E-state index contributed by atoms with van der Waals surface area (Å²) in [6.07, 6.45) is 1.75. The summed E-state index contributed by atoms with van der Waals surface area (Å²) in [6.45, 7) is 11.0. The fraction of sp³-hybridized carbons (Fsp3) is 0.133. The Morgan fingerprint density at radius 3 is 2.36 bits per heavy atom. The largest absolute Gasteiger partial charge is 1.00 e. The van der Waals surface area contributed by atoms with Crippen LogP contribution in [0.1, 0.15) is 26.4 Å². The molecule has 1 aromatic heterocycles. The molecule has 0 unspecified atom stereocenters. The number of rotatable bonds is 3. The first-order valence-electron chi connectivity index (χ1n) is 5.84. The molecule has 0 radical (unpaired) electrons. The van der Waals surface area contributed by atoms with Gasteiger partial charge in [-0.1, -0.05) is 0 Å². The molecule has 0 saturated heterocycles. The van der Waals surface area contributed by atoms with Gasteiger partial charge in [0, 0.05) is 5.56 Å². The maximum absolute atomic E-state index is 12.1. The third kappa shape index (κ3) is 4.26. The number of carbonyl (C=O) groups is 1. The number of thiophene rings is 1. The van der Waals surface area contributed by atoms with Crippen molar-refractivity contribution in [3.05, 3.63) is 57.3 Å². The van der Waals surface area contributed by atoms with Gasteiger partial charge in [-0.3, -0.25) is 4.79 Å². The molecule has 0 spiro atoms. The topological polar surface area (TPSA) is 80.5 Å². The van der Waals surface area contributed by atoms with Gasteiger partial charge in [-0.05, 0) is 24.3 Å². The van der Waals surface area contributed by atoms with Crippen molar-refractivity contribution in [1.82, 2.24) is 0 Å². The smallest absolute Gasteiger partial charge is 0.870 e. The summed E-state index contributed by atoms with van der Waals surface area (Å²) in [4.78, 5) is 27.0. The number of hydrogen-bond acceptors (Lipinski definition) is 4. The average Bonchev–Trinajstić information content (AvgIpc) is 2.73. The number of nitrogens with one attached hydrogen (secondary N) is 1. The molecule has 0 saturated carbocycles. The van der Waals surface area contributed by atoms with Crippen molar-refractivity contribution < 1.29 is 44.6 Å². The van der Waals surface area contributed by atoms with Gasteiger partial charge in [-0.25, -0.2) is 4.85 Å². The van der Waals surface area contributed by atoms with Gasteiger partial charge in [-0.15, -0.1) is 23.5 Å². The fourth-order valence-corrected chi connectivity index (χ4v) is 2.69. The number of aryl methyl sites for hydroxylation is 1. The molecule has 0 fully saturated rings. The van der Waals surface area contributed by atoms with Gasteiger partial charge in [0.1, 0.15) is 5.00 Å². The minimum atomic E-state index is -0.298. The van der Waals surface area contributed by atoms with Gasteiger partial charge < -0.3 is 15.6 Å². The van der Waals surface area contributed by atoms with E-state index in [9.17, 15) is 9.59 Å². The van der Waals surface area contributed by atoms with E-state index in [1.807, 2.05) is 13.8 Å². The number of carbonyl (C=O) groups excluding carboxylic acids is 2. The van der Waals surface area contributed by atoms with Crippen molar-refractivity contribution in [3.8, 4) is 0 Å². The molecular formula is C15H12N2NaO3S-. The molecular weight excluding hydrogens is 311 g/mol. The van der Waals surface area contributed by atoms with Crippen LogP contribution in [0.25, 0.3) is 4.85 Å². The zero-order valence-corrected chi connectivity index (χ0v) is 15.2. The monoisotopic (exact) mass is 323 g/mol. The normalized spacial score (nSPS) is 8.95. The molecule has 0 bridgehead atoms. The molecule has 5 nitrogen and oxygen atoms in total. The molecule has 0 aliphatic rings. The van der Waals surface area contributed by atoms with Crippen LogP contribution in [0, 0.1) is 20.4 Å². The van der Waals surface area contributed by atoms with Gasteiger partial charge in [0.15, 0.2) is 0 Å². The molecule has 2 rings (SSSR count). The van der Waals surface area contributed by atoms with Crippen molar-refractivity contribution in [2.75, 3.05) is 5.32 Å². The van der Waals surface area contributed by atoms with Gasteiger partial charge >= 0.3 is 29.6 Å². The maximum atomic E-state index is 12.1. The molecule has 1 heterocycles. The van der Waals surface area contributed by atoms with Gasteiger partial charge in [0.05, 0.1) is 12.9 Å². The van der Waals surface area contributed by atoms with Crippen molar-refractivity contribution in [3.63, 3.8) is 0 Å². The van der Waals surface area contributed by atoms with E-state index in [-0.39, 0.29) is 40.9 Å². The second-order valence-electron chi connectivity index (χ2n) is 4.21. The Labute approximate surface area is 154 Å². The summed E-state index contributed by atoms with van der Waals surface area (Å²) in [7, 11) is 0. The molecule has 1 aromatic carbocycles. The number of anilines is 1. The summed E-state index contributed by atoms with van der Waals surface area (Å²) in [5.74, 6) is -0.298. The average molecular weight is 323 g/mol. The fourth-order valence-electron chi connectivity index (χ4n) is 1.70. The number of hydrogen-bond donors (Lipinski definition) is 1. The van der Waals surface area contributed by atoms with Crippen LogP contribution in [0.4, 0.5) is 10.7 Å². The van der Waals surface area contributed by atoms with Crippen LogP contribution in [-0.4, -0.2) is 17.7 Å². The first kappa shape index (κ1) is 20.5. The first-order valence-corrected chi connectivity index (χ1v) is 6.65. The number of amides is 1. The van der Waals surface area contributed by atoms with Crippen LogP contribution in [0.15, 0.2) is 24.3 Å². The molecule has 2 aromatic rings. The second-order valence-corrected chi connectivity index (χ2v) is 5.43. The summed E-state index contributed by atoms with van der Waals surface area (Å²) >= 11 is 1.39. The molecule has 0 aliphatic carbocycles. The van der Waals surface area contributed by atoms with E-state index in [2.05, 4.69) is 10.2 Å². The minimum Gasteiger partial charge on any atom is -0.870 e. The van der Waals surface area contributed by atoms with Gasteiger partial charge in [0.25, 0.3) is 5.91 Å². The summed E-state index contributed by atoms with van der Waals surface area (Å²) in [5, 5.41) is 3.31. The van der Waals surface area contributed by atoms with Crippen LogP contribution in [0.3, 0.4) is 0 Å². The SMILES string of the molecule is [C-]#[N+]c1c(NC(=O)c2ccc([C-]=O)cc2)sc(C)c1C.[Na+].[OH-]. The zero-order valence-electron chi connectivity index (χ0n) is 12.4.